The predicted molar refractivity (Wildman–Crippen MR) is 81.3 cm³/mol. The minimum atomic E-state index is -0.111. The molecule has 1 atom stereocenters. The molecular weight excluding hydrogens is 239 g/mol. The Morgan fingerprint density at radius 1 is 1.26 bits per heavy atom. The van der Waals surface area contributed by atoms with Crippen molar-refractivity contribution in [3.63, 3.8) is 0 Å². The van der Waals surface area contributed by atoms with Gasteiger partial charge in [-0.1, -0.05) is 32.4 Å². The first-order valence-electron chi connectivity index (χ1n) is 7.42. The summed E-state index contributed by atoms with van der Waals surface area (Å²) in [6, 6.07) is 5.56. The third-order valence-corrected chi connectivity index (χ3v) is 3.47. The van der Waals surface area contributed by atoms with Crippen molar-refractivity contribution in [3.05, 3.63) is 29.6 Å². The van der Waals surface area contributed by atoms with Gasteiger partial charge >= 0.3 is 0 Å². The lowest BCUT2D eigenvalue weighted by Crippen LogP contribution is -2.28. The number of hydrogen-bond acceptors (Lipinski definition) is 2. The summed E-state index contributed by atoms with van der Waals surface area (Å²) in [4.78, 5) is 2.15. The van der Waals surface area contributed by atoms with Crippen molar-refractivity contribution in [2.24, 2.45) is 0 Å². The van der Waals surface area contributed by atoms with Gasteiger partial charge in [0.25, 0.3) is 0 Å². The summed E-state index contributed by atoms with van der Waals surface area (Å²) in [7, 11) is 0. The van der Waals surface area contributed by atoms with Crippen molar-refractivity contribution in [1.29, 1.82) is 0 Å². The standard InChI is InChI=1S/C16H27FN2/c1-5-8-12-19(7-3)16-14(13(4)18-6-2)10-9-11-15(16)17/h9-11,13,18H,5-8,12H2,1-4H3. The highest BCUT2D eigenvalue weighted by Crippen LogP contribution is 2.29. The van der Waals surface area contributed by atoms with Crippen LogP contribution in [0.4, 0.5) is 10.1 Å². The Morgan fingerprint density at radius 3 is 2.58 bits per heavy atom. The molecule has 0 saturated carbocycles. The summed E-state index contributed by atoms with van der Waals surface area (Å²) in [5.74, 6) is -0.111. The topological polar surface area (TPSA) is 15.3 Å². The van der Waals surface area contributed by atoms with Gasteiger partial charge in [-0.3, -0.25) is 0 Å². The number of hydrogen-bond donors (Lipinski definition) is 1. The molecule has 0 amide bonds. The molecule has 1 N–H and O–H groups in total. The van der Waals surface area contributed by atoms with Crippen molar-refractivity contribution in [3.8, 4) is 0 Å². The molecule has 0 heterocycles. The van der Waals surface area contributed by atoms with E-state index in [4.69, 9.17) is 0 Å². The minimum Gasteiger partial charge on any atom is -0.369 e. The molecule has 1 aromatic rings. The minimum absolute atomic E-state index is 0.111. The van der Waals surface area contributed by atoms with Gasteiger partial charge in [0.15, 0.2) is 0 Å². The van der Waals surface area contributed by atoms with Crippen LogP contribution in [0.1, 0.15) is 52.1 Å². The van der Waals surface area contributed by atoms with E-state index in [9.17, 15) is 4.39 Å². The van der Waals surface area contributed by atoms with Crippen LogP contribution >= 0.6 is 0 Å². The maximum atomic E-state index is 14.2. The first kappa shape index (κ1) is 16.0. The van der Waals surface area contributed by atoms with E-state index in [-0.39, 0.29) is 11.9 Å². The molecule has 1 aromatic carbocycles. The Labute approximate surface area is 117 Å². The second-order valence-corrected chi connectivity index (χ2v) is 4.89. The van der Waals surface area contributed by atoms with Gasteiger partial charge in [-0.15, -0.1) is 0 Å². The number of nitrogens with one attached hydrogen (secondary N) is 1. The SMILES string of the molecule is CCCCN(CC)c1c(F)cccc1C(C)NCC. The van der Waals surface area contributed by atoms with Gasteiger partial charge in [0.1, 0.15) is 5.82 Å². The quantitative estimate of drug-likeness (QED) is 0.761. The number of rotatable bonds is 8. The maximum Gasteiger partial charge on any atom is 0.146 e. The summed E-state index contributed by atoms with van der Waals surface area (Å²) in [5.41, 5.74) is 1.83. The highest BCUT2D eigenvalue weighted by atomic mass is 19.1. The zero-order valence-corrected chi connectivity index (χ0v) is 12.7. The van der Waals surface area contributed by atoms with E-state index >= 15 is 0 Å². The largest absolute Gasteiger partial charge is 0.369 e. The third-order valence-electron chi connectivity index (χ3n) is 3.47. The second-order valence-electron chi connectivity index (χ2n) is 4.89. The fourth-order valence-corrected chi connectivity index (χ4v) is 2.41. The Balaban J connectivity index is 3.07. The van der Waals surface area contributed by atoms with E-state index in [2.05, 4.69) is 37.9 Å². The maximum absolute atomic E-state index is 14.2. The van der Waals surface area contributed by atoms with Crippen molar-refractivity contribution < 1.29 is 4.39 Å². The molecule has 0 saturated heterocycles. The van der Waals surface area contributed by atoms with Crippen molar-refractivity contribution >= 4 is 5.69 Å². The summed E-state index contributed by atoms with van der Waals surface area (Å²) in [5, 5.41) is 3.37. The molecule has 0 bridgehead atoms. The molecule has 0 aliphatic carbocycles. The van der Waals surface area contributed by atoms with E-state index in [1.807, 2.05) is 6.07 Å². The van der Waals surface area contributed by atoms with Crippen LogP contribution in [0.2, 0.25) is 0 Å². The molecule has 0 aliphatic heterocycles. The number of para-hydroxylation sites is 1. The zero-order chi connectivity index (χ0) is 14.3. The molecule has 2 nitrogen and oxygen atoms in total. The van der Waals surface area contributed by atoms with Crippen molar-refractivity contribution in [2.45, 2.75) is 46.6 Å². The first-order valence-corrected chi connectivity index (χ1v) is 7.42. The van der Waals surface area contributed by atoms with E-state index < -0.39 is 0 Å². The van der Waals surface area contributed by atoms with E-state index in [1.54, 1.807) is 12.1 Å². The van der Waals surface area contributed by atoms with Crippen LogP contribution in [0, 0.1) is 5.82 Å². The highest BCUT2D eigenvalue weighted by molar-refractivity contribution is 5.56. The lowest BCUT2D eigenvalue weighted by atomic mass is 10.0. The summed E-state index contributed by atoms with van der Waals surface area (Å²) in [6.07, 6.45) is 2.22. The van der Waals surface area contributed by atoms with E-state index in [0.717, 1.165) is 43.7 Å². The van der Waals surface area contributed by atoms with Gasteiger partial charge in [-0.25, -0.2) is 4.39 Å². The number of nitrogens with zero attached hydrogens (tertiary/aromatic N) is 1. The van der Waals surface area contributed by atoms with Gasteiger partial charge in [-0.05, 0) is 38.4 Å². The first-order chi connectivity index (χ1) is 9.15. The number of anilines is 1. The average Bonchev–Trinajstić information content (AvgIpc) is 2.41. The number of benzene rings is 1. The van der Waals surface area contributed by atoms with Crippen molar-refractivity contribution in [2.75, 3.05) is 24.5 Å². The smallest absolute Gasteiger partial charge is 0.146 e. The third kappa shape index (κ3) is 4.20. The molecule has 0 aromatic heterocycles. The van der Waals surface area contributed by atoms with Crippen LogP contribution < -0.4 is 10.2 Å². The fraction of sp³-hybridized carbons (Fsp3) is 0.625. The summed E-state index contributed by atoms with van der Waals surface area (Å²) >= 11 is 0. The number of unbranched alkanes of at least 4 members (excludes halogenated alkanes) is 1. The summed E-state index contributed by atoms with van der Waals surface area (Å²) < 4.78 is 14.2. The molecule has 0 radical (unpaired) electrons. The Kier molecular flexibility index (Phi) is 6.85. The lowest BCUT2D eigenvalue weighted by molar-refractivity contribution is 0.574. The van der Waals surface area contributed by atoms with Crippen LogP contribution in [0.5, 0.6) is 0 Å². The van der Waals surface area contributed by atoms with E-state index in [0.29, 0.717) is 0 Å². The van der Waals surface area contributed by atoms with Crippen LogP contribution in [-0.4, -0.2) is 19.6 Å². The van der Waals surface area contributed by atoms with E-state index in [1.165, 1.54) is 0 Å². The van der Waals surface area contributed by atoms with Gasteiger partial charge in [0.05, 0.1) is 5.69 Å². The Bertz CT molecular complexity index is 379. The fourth-order valence-electron chi connectivity index (χ4n) is 2.41. The van der Waals surface area contributed by atoms with Gasteiger partial charge in [0, 0.05) is 19.1 Å². The zero-order valence-electron chi connectivity index (χ0n) is 12.7. The molecule has 0 spiro atoms. The molecule has 0 aliphatic rings. The Hall–Kier alpha value is -1.09. The highest BCUT2D eigenvalue weighted by Gasteiger charge is 2.18. The summed E-state index contributed by atoms with van der Waals surface area (Å²) in [6.45, 7) is 11.1. The van der Waals surface area contributed by atoms with Gasteiger partial charge in [0.2, 0.25) is 0 Å². The normalized spacial score (nSPS) is 12.5. The second kappa shape index (κ2) is 8.16. The van der Waals surface area contributed by atoms with Gasteiger partial charge < -0.3 is 10.2 Å². The average molecular weight is 266 g/mol. The van der Waals surface area contributed by atoms with Crippen LogP contribution in [-0.2, 0) is 0 Å². The van der Waals surface area contributed by atoms with Crippen LogP contribution in [0.3, 0.4) is 0 Å². The molecule has 1 rings (SSSR count). The van der Waals surface area contributed by atoms with Gasteiger partial charge in [-0.2, -0.15) is 0 Å². The molecule has 108 valence electrons. The van der Waals surface area contributed by atoms with Crippen LogP contribution in [0.25, 0.3) is 0 Å². The number of halogens is 1. The molecule has 1 unspecified atom stereocenters. The monoisotopic (exact) mass is 266 g/mol. The van der Waals surface area contributed by atoms with Crippen LogP contribution in [0.15, 0.2) is 18.2 Å². The lowest BCUT2D eigenvalue weighted by Gasteiger charge is -2.28. The molecule has 19 heavy (non-hydrogen) atoms. The molecule has 0 fully saturated rings. The molecule has 3 heteroatoms. The van der Waals surface area contributed by atoms with Crippen molar-refractivity contribution in [1.82, 2.24) is 5.32 Å². The predicted octanol–water partition coefficient (Wildman–Crippen LogP) is 4.12. The molecular formula is C16H27FN2. The Morgan fingerprint density at radius 2 is 2.00 bits per heavy atom.